The van der Waals surface area contributed by atoms with E-state index in [1.165, 1.54) is 0 Å². The predicted octanol–water partition coefficient (Wildman–Crippen LogP) is 5.73. The molecule has 2 atom stereocenters. The van der Waals surface area contributed by atoms with E-state index in [9.17, 15) is 19.5 Å². The number of aliphatic carboxylic acids is 1. The molecule has 0 bridgehead atoms. The maximum absolute atomic E-state index is 13.2. The van der Waals surface area contributed by atoms with E-state index in [0.717, 1.165) is 16.8 Å². The van der Waals surface area contributed by atoms with Crippen LogP contribution in [0.25, 0.3) is 11.1 Å². The summed E-state index contributed by atoms with van der Waals surface area (Å²) in [7, 11) is 3.31. The number of oxazole rings is 1. The van der Waals surface area contributed by atoms with Crippen LogP contribution in [0.15, 0.2) is 101 Å². The molecular weight excluding hydrogens is 572 g/mol. The van der Waals surface area contributed by atoms with Crippen molar-refractivity contribution in [3.63, 3.8) is 0 Å². The Morgan fingerprint density at radius 3 is 2.49 bits per heavy atom. The summed E-state index contributed by atoms with van der Waals surface area (Å²) in [6.45, 7) is 0.446. The molecule has 2 amide bonds. The highest BCUT2D eigenvalue weighted by atomic mass is 16.5. The summed E-state index contributed by atoms with van der Waals surface area (Å²) >= 11 is 0. The summed E-state index contributed by atoms with van der Waals surface area (Å²) in [6.07, 6.45) is 0.147. The molecule has 10 heteroatoms. The average molecular weight is 605 g/mol. The number of carboxylic acids is 1. The molecule has 4 aromatic carbocycles. The van der Waals surface area contributed by atoms with Gasteiger partial charge in [-0.2, -0.15) is 4.98 Å². The van der Waals surface area contributed by atoms with Gasteiger partial charge in [-0.25, -0.2) is 0 Å². The van der Waals surface area contributed by atoms with Gasteiger partial charge in [-0.05, 0) is 59.7 Å². The number of carbonyl (C=O) groups is 3. The molecule has 2 unspecified atom stereocenters. The number of fused-ring (bicyclic) bond motifs is 1. The van der Waals surface area contributed by atoms with E-state index in [1.807, 2.05) is 72.8 Å². The van der Waals surface area contributed by atoms with E-state index >= 15 is 0 Å². The van der Waals surface area contributed by atoms with Gasteiger partial charge in [-0.1, -0.05) is 42.5 Å². The van der Waals surface area contributed by atoms with E-state index in [-0.39, 0.29) is 30.7 Å². The zero-order valence-corrected chi connectivity index (χ0v) is 24.8. The molecule has 2 N–H and O–H groups in total. The molecule has 0 aliphatic carbocycles. The number of methoxy groups -OCH3 is 1. The van der Waals surface area contributed by atoms with Crippen molar-refractivity contribution in [3.05, 3.63) is 114 Å². The van der Waals surface area contributed by atoms with Crippen LogP contribution in [0.3, 0.4) is 0 Å². The van der Waals surface area contributed by atoms with Crippen molar-refractivity contribution in [2.45, 2.75) is 12.3 Å². The molecule has 10 nitrogen and oxygen atoms in total. The van der Waals surface area contributed by atoms with Gasteiger partial charge in [0.05, 0.1) is 19.4 Å². The fourth-order valence-electron chi connectivity index (χ4n) is 5.66. The van der Waals surface area contributed by atoms with Crippen LogP contribution < -0.4 is 15.0 Å². The maximum atomic E-state index is 13.2. The van der Waals surface area contributed by atoms with Gasteiger partial charge in [0.2, 0.25) is 5.91 Å². The lowest BCUT2D eigenvalue weighted by Gasteiger charge is -2.20. The number of hydrogen-bond donors (Lipinski definition) is 2. The normalized spacial score (nSPS) is 16.0. The Bertz CT molecular complexity index is 1850. The molecule has 6 rings (SSSR count). The Balaban J connectivity index is 1.11. The van der Waals surface area contributed by atoms with Crippen molar-refractivity contribution >= 4 is 46.3 Å². The third-order valence-corrected chi connectivity index (χ3v) is 8.16. The molecular formula is C35H32N4O6. The molecule has 5 aromatic rings. The van der Waals surface area contributed by atoms with E-state index in [1.54, 1.807) is 48.2 Å². The summed E-state index contributed by atoms with van der Waals surface area (Å²) in [5.74, 6) is -1.62. The second kappa shape index (κ2) is 12.5. The average Bonchev–Trinajstić information content (AvgIpc) is 3.69. The number of rotatable bonds is 9. The van der Waals surface area contributed by atoms with Gasteiger partial charge in [0.1, 0.15) is 11.3 Å². The van der Waals surface area contributed by atoms with Crippen LogP contribution in [0.5, 0.6) is 5.75 Å². The molecule has 228 valence electrons. The highest BCUT2D eigenvalue weighted by Crippen LogP contribution is 2.35. The number of amides is 2. The summed E-state index contributed by atoms with van der Waals surface area (Å²) in [5, 5.41) is 13.0. The summed E-state index contributed by atoms with van der Waals surface area (Å²) in [4.78, 5) is 46.0. The first kappa shape index (κ1) is 29.4. The molecule has 0 saturated carbocycles. The van der Waals surface area contributed by atoms with Gasteiger partial charge < -0.3 is 29.4 Å². The summed E-state index contributed by atoms with van der Waals surface area (Å²) < 4.78 is 11.2. The van der Waals surface area contributed by atoms with Crippen molar-refractivity contribution in [2.75, 3.05) is 37.5 Å². The van der Waals surface area contributed by atoms with Crippen molar-refractivity contribution in [2.24, 2.45) is 5.92 Å². The number of likely N-dealkylation sites (tertiary alicyclic amines) is 1. The quantitative estimate of drug-likeness (QED) is 0.219. The topological polar surface area (TPSA) is 125 Å². The molecule has 0 radical (unpaired) electrons. The second-order valence-electron chi connectivity index (χ2n) is 11.0. The van der Waals surface area contributed by atoms with Crippen molar-refractivity contribution in [1.29, 1.82) is 0 Å². The predicted molar refractivity (Wildman–Crippen MR) is 170 cm³/mol. The lowest BCUT2D eigenvalue weighted by Crippen LogP contribution is -2.29. The molecule has 45 heavy (non-hydrogen) atoms. The van der Waals surface area contributed by atoms with E-state index in [4.69, 9.17) is 9.15 Å². The van der Waals surface area contributed by atoms with Crippen LogP contribution in [0.1, 0.15) is 27.4 Å². The summed E-state index contributed by atoms with van der Waals surface area (Å²) in [6, 6.07) is 29.4. The Morgan fingerprint density at radius 2 is 1.76 bits per heavy atom. The van der Waals surface area contributed by atoms with Crippen LogP contribution >= 0.6 is 0 Å². The fraction of sp³-hybridized carbons (Fsp3) is 0.200. The van der Waals surface area contributed by atoms with Crippen molar-refractivity contribution < 1.29 is 28.6 Å². The minimum Gasteiger partial charge on any atom is -0.497 e. The number of carboxylic acid groups (broad SMARTS) is 1. The standard InChI is InChI=1S/C35H32N4O6/c1-38(32(40)18-22-11-16-30-31(17-22)45-35(37-30)36-25-9-6-10-27(19-25)44-2)26-14-12-23(13-15-26)28-20-39(21-29(28)34(42)43)33(41)24-7-4-3-5-8-24/h3-17,19,28-29H,18,20-21H2,1-2H3,(H,36,37)(H,42,43). The van der Waals surface area contributed by atoms with Crippen molar-refractivity contribution in [3.8, 4) is 5.75 Å². The van der Waals surface area contributed by atoms with Crippen molar-refractivity contribution in [1.82, 2.24) is 9.88 Å². The first-order valence-electron chi connectivity index (χ1n) is 14.5. The number of carbonyl (C=O) groups excluding carboxylic acids is 2. The SMILES string of the molecule is COc1cccc(Nc2nc3ccc(CC(=O)N(C)c4ccc(C5CN(C(=O)c6ccccc6)CC5C(=O)O)cc4)cc3o2)c1. The fourth-order valence-corrected chi connectivity index (χ4v) is 5.66. The maximum Gasteiger partial charge on any atom is 0.308 e. The van der Waals surface area contributed by atoms with Gasteiger partial charge >= 0.3 is 5.97 Å². The van der Waals surface area contributed by atoms with Crippen LogP contribution in [-0.2, 0) is 16.0 Å². The van der Waals surface area contributed by atoms with Gasteiger partial charge in [0.15, 0.2) is 5.58 Å². The minimum absolute atomic E-state index is 0.125. The first-order valence-corrected chi connectivity index (χ1v) is 14.5. The molecule has 0 spiro atoms. The summed E-state index contributed by atoms with van der Waals surface area (Å²) in [5.41, 5.74) is 4.79. The zero-order chi connectivity index (χ0) is 31.5. The number of aromatic nitrogens is 1. The lowest BCUT2D eigenvalue weighted by atomic mass is 9.89. The number of nitrogens with one attached hydrogen (secondary N) is 1. The highest BCUT2D eigenvalue weighted by molar-refractivity contribution is 5.95. The van der Waals surface area contributed by atoms with E-state index < -0.39 is 11.9 Å². The Hall–Kier alpha value is -5.64. The minimum atomic E-state index is -0.938. The molecule has 1 aliphatic rings. The smallest absolute Gasteiger partial charge is 0.308 e. The number of ether oxygens (including phenoxy) is 1. The van der Waals surface area contributed by atoms with Gasteiger partial charge in [-0.3, -0.25) is 14.4 Å². The van der Waals surface area contributed by atoms with Crippen LogP contribution in [-0.4, -0.2) is 60.0 Å². The molecule has 1 saturated heterocycles. The molecule has 1 fully saturated rings. The number of anilines is 3. The van der Waals surface area contributed by atoms with Gasteiger partial charge in [-0.15, -0.1) is 0 Å². The Morgan fingerprint density at radius 1 is 0.978 bits per heavy atom. The van der Waals surface area contributed by atoms with Crippen LogP contribution in [0.2, 0.25) is 0 Å². The number of likely N-dealkylation sites (N-methyl/N-ethyl adjacent to an activating group) is 1. The monoisotopic (exact) mass is 604 g/mol. The molecule has 1 aliphatic heterocycles. The second-order valence-corrected chi connectivity index (χ2v) is 11.0. The van der Waals surface area contributed by atoms with E-state index in [2.05, 4.69) is 10.3 Å². The Labute approximate surface area is 259 Å². The number of nitrogens with zero attached hydrogens (tertiary/aromatic N) is 3. The lowest BCUT2D eigenvalue weighted by molar-refractivity contribution is -0.141. The zero-order valence-electron chi connectivity index (χ0n) is 24.8. The van der Waals surface area contributed by atoms with Crippen LogP contribution in [0, 0.1) is 5.92 Å². The van der Waals surface area contributed by atoms with Gasteiger partial charge in [0, 0.05) is 49.1 Å². The number of hydrogen-bond acceptors (Lipinski definition) is 7. The van der Waals surface area contributed by atoms with Gasteiger partial charge in [0.25, 0.3) is 11.9 Å². The molecule has 1 aromatic heterocycles. The third-order valence-electron chi connectivity index (χ3n) is 8.16. The van der Waals surface area contributed by atoms with E-state index in [0.29, 0.717) is 40.7 Å². The van der Waals surface area contributed by atoms with Crippen LogP contribution in [0.4, 0.5) is 17.4 Å². The highest BCUT2D eigenvalue weighted by Gasteiger charge is 2.40. The largest absolute Gasteiger partial charge is 0.497 e. The Kier molecular flexibility index (Phi) is 8.20. The third kappa shape index (κ3) is 6.35. The number of benzene rings is 4. The molecule has 2 heterocycles. The first-order chi connectivity index (χ1) is 21.8.